The van der Waals surface area contributed by atoms with Gasteiger partial charge < -0.3 is 10.5 Å². The van der Waals surface area contributed by atoms with E-state index < -0.39 is 0 Å². The van der Waals surface area contributed by atoms with Crippen molar-refractivity contribution in [2.45, 2.75) is 51.6 Å². The molecule has 0 saturated carbocycles. The minimum absolute atomic E-state index is 0.0539. The monoisotopic (exact) mass is 250 g/mol. The van der Waals surface area contributed by atoms with Gasteiger partial charge >= 0.3 is 0 Å². The predicted molar refractivity (Wildman–Crippen MR) is 75.4 cm³/mol. The maximum absolute atomic E-state index is 5.80. The molecule has 0 radical (unpaired) electrons. The van der Waals surface area contributed by atoms with Crippen molar-refractivity contribution in [3.63, 3.8) is 0 Å². The van der Waals surface area contributed by atoms with E-state index in [1.165, 1.54) is 32.1 Å². The molecule has 0 bridgehead atoms. The van der Waals surface area contributed by atoms with E-state index in [2.05, 4.69) is 11.9 Å². The molecule has 3 heteroatoms. The standard InChI is InChI=1S/C15H26N2O/c1-2-3-4-5-6-9-12-18-15(13-16)14-10-7-8-11-17-14/h7-8,10-11,15H,2-6,9,12-13,16H2,1H3. The van der Waals surface area contributed by atoms with Gasteiger partial charge in [-0.1, -0.05) is 45.1 Å². The Hall–Kier alpha value is -0.930. The minimum atomic E-state index is -0.0539. The van der Waals surface area contributed by atoms with E-state index >= 15 is 0 Å². The van der Waals surface area contributed by atoms with Crippen molar-refractivity contribution in [1.29, 1.82) is 0 Å². The average molecular weight is 250 g/mol. The van der Waals surface area contributed by atoms with Crippen LogP contribution in [0, 0.1) is 0 Å². The van der Waals surface area contributed by atoms with Crippen molar-refractivity contribution in [2.24, 2.45) is 5.73 Å². The third-order valence-corrected chi connectivity index (χ3v) is 3.05. The smallest absolute Gasteiger partial charge is 0.112 e. The number of hydrogen-bond donors (Lipinski definition) is 1. The molecule has 1 unspecified atom stereocenters. The molecule has 0 aromatic carbocycles. The highest BCUT2D eigenvalue weighted by atomic mass is 16.5. The zero-order valence-electron chi connectivity index (χ0n) is 11.5. The Balaban J connectivity index is 2.13. The first-order chi connectivity index (χ1) is 8.88. The first kappa shape index (κ1) is 15.1. The van der Waals surface area contributed by atoms with Gasteiger partial charge in [-0.05, 0) is 18.6 Å². The summed E-state index contributed by atoms with van der Waals surface area (Å²) in [5.41, 5.74) is 6.66. The zero-order valence-corrected chi connectivity index (χ0v) is 11.5. The number of nitrogens with two attached hydrogens (primary N) is 1. The van der Waals surface area contributed by atoms with E-state index in [9.17, 15) is 0 Å². The molecule has 1 aromatic heterocycles. The van der Waals surface area contributed by atoms with Crippen LogP contribution in [0.25, 0.3) is 0 Å². The summed E-state index contributed by atoms with van der Waals surface area (Å²) in [6.07, 6.45) is 9.40. The molecular formula is C15H26N2O. The Morgan fingerprint density at radius 2 is 1.94 bits per heavy atom. The molecule has 18 heavy (non-hydrogen) atoms. The summed E-state index contributed by atoms with van der Waals surface area (Å²) in [6.45, 7) is 3.51. The highest BCUT2D eigenvalue weighted by molar-refractivity contribution is 5.07. The molecule has 1 atom stereocenters. The van der Waals surface area contributed by atoms with Crippen molar-refractivity contribution >= 4 is 0 Å². The van der Waals surface area contributed by atoms with Crippen molar-refractivity contribution in [3.05, 3.63) is 30.1 Å². The normalized spacial score (nSPS) is 12.6. The van der Waals surface area contributed by atoms with E-state index in [1.807, 2.05) is 18.2 Å². The van der Waals surface area contributed by atoms with Gasteiger partial charge in [0.1, 0.15) is 6.10 Å². The second-order valence-electron chi connectivity index (χ2n) is 4.62. The minimum Gasteiger partial charge on any atom is -0.371 e. The molecule has 0 aliphatic rings. The fourth-order valence-electron chi connectivity index (χ4n) is 1.95. The van der Waals surface area contributed by atoms with E-state index in [0.717, 1.165) is 18.7 Å². The summed E-state index contributed by atoms with van der Waals surface area (Å²) in [5, 5.41) is 0. The molecule has 1 rings (SSSR count). The summed E-state index contributed by atoms with van der Waals surface area (Å²) >= 11 is 0. The molecule has 0 aliphatic heterocycles. The summed E-state index contributed by atoms with van der Waals surface area (Å²) in [5.74, 6) is 0. The number of ether oxygens (including phenoxy) is 1. The lowest BCUT2D eigenvalue weighted by Gasteiger charge is -2.15. The van der Waals surface area contributed by atoms with Crippen molar-refractivity contribution in [2.75, 3.05) is 13.2 Å². The highest BCUT2D eigenvalue weighted by Gasteiger charge is 2.10. The fourth-order valence-corrected chi connectivity index (χ4v) is 1.95. The highest BCUT2D eigenvalue weighted by Crippen LogP contribution is 2.14. The van der Waals surface area contributed by atoms with Crippen LogP contribution >= 0.6 is 0 Å². The van der Waals surface area contributed by atoms with Crippen LogP contribution in [0.5, 0.6) is 0 Å². The van der Waals surface area contributed by atoms with Crippen molar-refractivity contribution in [1.82, 2.24) is 4.98 Å². The van der Waals surface area contributed by atoms with Gasteiger partial charge in [-0.2, -0.15) is 0 Å². The Kier molecular flexibility index (Phi) is 8.43. The predicted octanol–water partition coefficient (Wildman–Crippen LogP) is 3.46. The average Bonchev–Trinajstić information content (AvgIpc) is 2.43. The Morgan fingerprint density at radius 3 is 2.61 bits per heavy atom. The molecule has 0 spiro atoms. The second kappa shape index (κ2) is 10.0. The molecule has 2 N–H and O–H groups in total. The molecule has 3 nitrogen and oxygen atoms in total. The van der Waals surface area contributed by atoms with Crippen LogP contribution in [0.2, 0.25) is 0 Å². The first-order valence-corrected chi connectivity index (χ1v) is 7.11. The van der Waals surface area contributed by atoms with Crippen molar-refractivity contribution < 1.29 is 4.74 Å². The SMILES string of the molecule is CCCCCCCCOC(CN)c1ccccn1. The van der Waals surface area contributed by atoms with E-state index in [1.54, 1.807) is 6.20 Å². The van der Waals surface area contributed by atoms with Crippen LogP contribution in [0.15, 0.2) is 24.4 Å². The zero-order chi connectivity index (χ0) is 13.1. The van der Waals surface area contributed by atoms with E-state index in [-0.39, 0.29) is 6.10 Å². The second-order valence-corrected chi connectivity index (χ2v) is 4.62. The van der Waals surface area contributed by atoms with Gasteiger partial charge in [-0.3, -0.25) is 4.98 Å². The number of unbranched alkanes of at least 4 members (excludes halogenated alkanes) is 5. The number of aromatic nitrogens is 1. The largest absolute Gasteiger partial charge is 0.371 e. The quantitative estimate of drug-likeness (QED) is 0.647. The number of pyridine rings is 1. The lowest BCUT2D eigenvalue weighted by Crippen LogP contribution is -2.17. The molecule has 0 amide bonds. The van der Waals surface area contributed by atoms with Crippen LogP contribution in [-0.2, 0) is 4.74 Å². The maximum Gasteiger partial charge on any atom is 0.112 e. The van der Waals surface area contributed by atoms with Crippen LogP contribution in [0.4, 0.5) is 0 Å². The van der Waals surface area contributed by atoms with Gasteiger partial charge in [0, 0.05) is 19.3 Å². The molecule has 0 saturated heterocycles. The Labute approximate surface area is 111 Å². The third kappa shape index (κ3) is 6.12. The van der Waals surface area contributed by atoms with Gasteiger partial charge in [-0.15, -0.1) is 0 Å². The number of rotatable bonds is 10. The summed E-state index contributed by atoms with van der Waals surface area (Å²) in [4.78, 5) is 4.28. The van der Waals surface area contributed by atoms with Gasteiger partial charge in [0.05, 0.1) is 5.69 Å². The lowest BCUT2D eigenvalue weighted by molar-refractivity contribution is 0.0529. The van der Waals surface area contributed by atoms with Gasteiger partial charge in [0.2, 0.25) is 0 Å². The molecule has 1 aromatic rings. The molecule has 0 fully saturated rings. The summed E-state index contributed by atoms with van der Waals surface area (Å²) < 4.78 is 5.80. The molecule has 1 heterocycles. The topological polar surface area (TPSA) is 48.1 Å². The Morgan fingerprint density at radius 1 is 1.17 bits per heavy atom. The number of nitrogens with zero attached hydrogens (tertiary/aromatic N) is 1. The van der Waals surface area contributed by atoms with E-state index in [4.69, 9.17) is 10.5 Å². The van der Waals surface area contributed by atoms with Gasteiger partial charge in [0.15, 0.2) is 0 Å². The van der Waals surface area contributed by atoms with Crippen LogP contribution < -0.4 is 5.73 Å². The van der Waals surface area contributed by atoms with E-state index in [0.29, 0.717) is 6.54 Å². The van der Waals surface area contributed by atoms with Gasteiger partial charge in [-0.25, -0.2) is 0 Å². The van der Waals surface area contributed by atoms with Crippen molar-refractivity contribution in [3.8, 4) is 0 Å². The first-order valence-electron chi connectivity index (χ1n) is 7.11. The fraction of sp³-hybridized carbons (Fsp3) is 0.667. The molecule has 0 aliphatic carbocycles. The number of hydrogen-bond acceptors (Lipinski definition) is 3. The molecular weight excluding hydrogens is 224 g/mol. The van der Waals surface area contributed by atoms with Gasteiger partial charge in [0.25, 0.3) is 0 Å². The third-order valence-electron chi connectivity index (χ3n) is 3.05. The maximum atomic E-state index is 5.80. The molecule has 102 valence electrons. The summed E-state index contributed by atoms with van der Waals surface area (Å²) in [6, 6.07) is 5.85. The summed E-state index contributed by atoms with van der Waals surface area (Å²) in [7, 11) is 0. The lowest BCUT2D eigenvalue weighted by atomic mass is 10.1. The van der Waals surface area contributed by atoms with Crippen LogP contribution in [0.1, 0.15) is 57.2 Å². The Bertz CT molecular complexity index is 290. The van der Waals surface area contributed by atoms with Crippen LogP contribution in [0.3, 0.4) is 0 Å². The van der Waals surface area contributed by atoms with Crippen LogP contribution in [-0.4, -0.2) is 18.1 Å².